The lowest BCUT2D eigenvalue weighted by molar-refractivity contribution is 0.0936. The molecule has 2 aromatic rings. The fourth-order valence-corrected chi connectivity index (χ4v) is 2.53. The zero-order chi connectivity index (χ0) is 16.3. The van der Waals surface area contributed by atoms with Crippen molar-refractivity contribution in [2.24, 2.45) is 5.14 Å². The molecule has 0 saturated carbocycles. The number of nitrogens with two attached hydrogens (primary N) is 1. The molecule has 0 aliphatic heterocycles. The van der Waals surface area contributed by atoms with Crippen molar-refractivity contribution in [1.29, 1.82) is 0 Å². The Morgan fingerprint density at radius 1 is 1.18 bits per heavy atom. The van der Waals surface area contributed by atoms with Crippen molar-refractivity contribution in [3.8, 4) is 0 Å². The molecule has 5 nitrogen and oxygen atoms in total. The third-order valence-electron chi connectivity index (χ3n) is 3.15. The molecule has 0 bridgehead atoms. The average molecular weight is 322 g/mol. The molecule has 116 valence electrons. The molecule has 0 aromatic heterocycles. The number of nitrogens with one attached hydrogen (secondary N) is 1. The van der Waals surface area contributed by atoms with Crippen molar-refractivity contribution >= 4 is 15.9 Å². The lowest BCUT2D eigenvalue weighted by Crippen LogP contribution is -2.27. The van der Waals surface area contributed by atoms with E-state index in [-0.39, 0.29) is 10.5 Å². The van der Waals surface area contributed by atoms with E-state index in [2.05, 4.69) is 5.32 Å². The number of hydrogen-bond donors (Lipinski definition) is 2. The molecule has 1 unspecified atom stereocenters. The number of halogens is 1. The van der Waals surface area contributed by atoms with Crippen LogP contribution in [0, 0.1) is 5.82 Å². The van der Waals surface area contributed by atoms with Gasteiger partial charge < -0.3 is 5.32 Å². The molecule has 2 aromatic carbocycles. The molecular formula is C15H15FN2O3S. The Labute approximate surface area is 128 Å². The van der Waals surface area contributed by atoms with Crippen LogP contribution in [-0.2, 0) is 10.0 Å². The van der Waals surface area contributed by atoms with Gasteiger partial charge in [-0.05, 0) is 36.8 Å². The molecule has 3 N–H and O–H groups in total. The van der Waals surface area contributed by atoms with Crippen LogP contribution in [0.15, 0.2) is 53.4 Å². The molecule has 0 spiro atoms. The van der Waals surface area contributed by atoms with Crippen LogP contribution < -0.4 is 10.5 Å². The number of primary sulfonamides is 1. The zero-order valence-electron chi connectivity index (χ0n) is 11.8. The van der Waals surface area contributed by atoms with E-state index in [0.717, 1.165) is 0 Å². The molecule has 0 saturated heterocycles. The van der Waals surface area contributed by atoms with Gasteiger partial charge in [-0.3, -0.25) is 4.79 Å². The number of rotatable bonds is 4. The second-order valence-corrected chi connectivity index (χ2v) is 6.35. The van der Waals surface area contributed by atoms with E-state index >= 15 is 0 Å². The monoisotopic (exact) mass is 322 g/mol. The molecule has 1 atom stereocenters. The first-order valence-corrected chi connectivity index (χ1v) is 8.02. The number of sulfonamides is 1. The summed E-state index contributed by atoms with van der Waals surface area (Å²) in [5.41, 5.74) is 0.480. The predicted molar refractivity (Wildman–Crippen MR) is 80.1 cm³/mol. The smallest absolute Gasteiger partial charge is 0.254 e. The van der Waals surface area contributed by atoms with E-state index in [1.807, 2.05) is 0 Å². The highest BCUT2D eigenvalue weighted by Gasteiger charge is 2.16. The Kier molecular flexibility index (Phi) is 4.58. The fourth-order valence-electron chi connectivity index (χ4n) is 1.96. The van der Waals surface area contributed by atoms with Gasteiger partial charge in [-0.2, -0.15) is 0 Å². The van der Waals surface area contributed by atoms with Crippen LogP contribution in [0.4, 0.5) is 4.39 Å². The highest BCUT2D eigenvalue weighted by atomic mass is 32.2. The van der Waals surface area contributed by atoms with Crippen LogP contribution in [0.25, 0.3) is 0 Å². The summed E-state index contributed by atoms with van der Waals surface area (Å²) in [4.78, 5) is 12.0. The van der Waals surface area contributed by atoms with Gasteiger partial charge in [-0.1, -0.05) is 24.3 Å². The van der Waals surface area contributed by atoms with Crippen molar-refractivity contribution in [2.75, 3.05) is 0 Å². The number of hydrogen-bond acceptors (Lipinski definition) is 3. The van der Waals surface area contributed by atoms with Crippen LogP contribution in [-0.4, -0.2) is 14.3 Å². The summed E-state index contributed by atoms with van der Waals surface area (Å²) in [7, 11) is -3.82. The maximum absolute atomic E-state index is 13.6. The second kappa shape index (κ2) is 6.25. The molecular weight excluding hydrogens is 307 g/mol. The van der Waals surface area contributed by atoms with Crippen molar-refractivity contribution in [3.05, 3.63) is 65.5 Å². The molecule has 1 amide bonds. The first-order chi connectivity index (χ1) is 10.3. The Balaban J connectivity index is 2.21. The summed E-state index contributed by atoms with van der Waals surface area (Å²) in [6.07, 6.45) is 0. The van der Waals surface area contributed by atoms with E-state index in [4.69, 9.17) is 5.14 Å². The van der Waals surface area contributed by atoms with Gasteiger partial charge in [0.15, 0.2) is 0 Å². The highest BCUT2D eigenvalue weighted by molar-refractivity contribution is 7.89. The van der Waals surface area contributed by atoms with E-state index in [1.54, 1.807) is 19.1 Å². The number of carbonyl (C=O) groups excluding carboxylic acids is 1. The van der Waals surface area contributed by atoms with Crippen molar-refractivity contribution < 1.29 is 17.6 Å². The first-order valence-electron chi connectivity index (χ1n) is 6.47. The van der Waals surface area contributed by atoms with Crippen LogP contribution >= 0.6 is 0 Å². The lowest BCUT2D eigenvalue weighted by atomic mass is 10.1. The van der Waals surface area contributed by atoms with Gasteiger partial charge in [-0.25, -0.2) is 17.9 Å². The standard InChI is InChI=1S/C15H15FN2O3S/c1-10(11-5-4-6-12(9-11)22(17,20)21)18-15(19)13-7-2-3-8-14(13)16/h2-10H,1H3,(H,18,19)(H2,17,20,21). The van der Waals surface area contributed by atoms with E-state index in [0.29, 0.717) is 5.56 Å². The topological polar surface area (TPSA) is 89.3 Å². The molecule has 7 heteroatoms. The average Bonchev–Trinajstić information content (AvgIpc) is 2.46. The van der Waals surface area contributed by atoms with Gasteiger partial charge >= 0.3 is 0 Å². The molecule has 0 heterocycles. The Morgan fingerprint density at radius 3 is 2.50 bits per heavy atom. The normalized spacial score (nSPS) is 12.7. The number of amides is 1. The third kappa shape index (κ3) is 3.69. The maximum atomic E-state index is 13.6. The maximum Gasteiger partial charge on any atom is 0.254 e. The minimum absolute atomic E-state index is 0.0445. The fraction of sp³-hybridized carbons (Fsp3) is 0.133. The second-order valence-electron chi connectivity index (χ2n) is 4.79. The third-order valence-corrected chi connectivity index (χ3v) is 4.06. The van der Waals surface area contributed by atoms with Gasteiger partial charge in [0.2, 0.25) is 10.0 Å². The molecule has 0 radical (unpaired) electrons. The van der Waals surface area contributed by atoms with Crippen molar-refractivity contribution in [1.82, 2.24) is 5.32 Å². The van der Waals surface area contributed by atoms with Crippen LogP contribution in [0.3, 0.4) is 0 Å². The summed E-state index contributed by atoms with van der Waals surface area (Å²) >= 11 is 0. The molecule has 2 rings (SSSR count). The summed E-state index contributed by atoms with van der Waals surface area (Å²) in [6.45, 7) is 1.67. The SMILES string of the molecule is CC(NC(=O)c1ccccc1F)c1cccc(S(N)(=O)=O)c1. The van der Waals surface area contributed by atoms with E-state index in [1.165, 1.54) is 36.4 Å². The van der Waals surface area contributed by atoms with E-state index < -0.39 is 27.8 Å². The molecule has 0 aliphatic carbocycles. The van der Waals surface area contributed by atoms with Crippen LogP contribution in [0.1, 0.15) is 28.9 Å². The minimum atomic E-state index is -3.82. The quantitative estimate of drug-likeness (QED) is 0.902. The largest absolute Gasteiger partial charge is 0.345 e. The van der Waals surface area contributed by atoms with Gasteiger partial charge in [0.1, 0.15) is 5.82 Å². The Bertz CT molecular complexity index is 806. The van der Waals surface area contributed by atoms with Gasteiger partial charge in [0.05, 0.1) is 16.5 Å². The summed E-state index contributed by atoms with van der Waals surface area (Å²) in [5.74, 6) is -1.20. The van der Waals surface area contributed by atoms with Gasteiger partial charge in [0.25, 0.3) is 5.91 Å². The molecule has 0 fully saturated rings. The molecule has 22 heavy (non-hydrogen) atoms. The Hall–Kier alpha value is -2.25. The van der Waals surface area contributed by atoms with E-state index in [9.17, 15) is 17.6 Å². The first kappa shape index (κ1) is 16.1. The summed E-state index contributed by atoms with van der Waals surface area (Å²) < 4.78 is 36.2. The van der Waals surface area contributed by atoms with Gasteiger partial charge in [-0.15, -0.1) is 0 Å². The zero-order valence-corrected chi connectivity index (χ0v) is 12.6. The predicted octanol–water partition coefficient (Wildman–Crippen LogP) is 1.96. The minimum Gasteiger partial charge on any atom is -0.345 e. The van der Waals surface area contributed by atoms with Crippen molar-refractivity contribution in [2.45, 2.75) is 17.9 Å². The van der Waals surface area contributed by atoms with Crippen LogP contribution in [0.5, 0.6) is 0 Å². The highest BCUT2D eigenvalue weighted by Crippen LogP contribution is 2.17. The lowest BCUT2D eigenvalue weighted by Gasteiger charge is -2.15. The number of benzene rings is 2. The Morgan fingerprint density at radius 2 is 1.86 bits per heavy atom. The summed E-state index contributed by atoms with van der Waals surface area (Å²) in [6, 6.07) is 11.0. The van der Waals surface area contributed by atoms with Crippen molar-refractivity contribution in [3.63, 3.8) is 0 Å². The summed E-state index contributed by atoms with van der Waals surface area (Å²) in [5, 5.41) is 7.69. The van der Waals surface area contributed by atoms with Crippen LogP contribution in [0.2, 0.25) is 0 Å². The number of carbonyl (C=O) groups is 1. The van der Waals surface area contributed by atoms with Gasteiger partial charge in [0, 0.05) is 0 Å². The molecule has 0 aliphatic rings.